The van der Waals surface area contributed by atoms with Crippen molar-refractivity contribution in [3.05, 3.63) is 48.5 Å². The number of rotatable bonds is 12. The van der Waals surface area contributed by atoms with Crippen molar-refractivity contribution in [2.75, 3.05) is 18.2 Å². The van der Waals surface area contributed by atoms with Gasteiger partial charge in [-0.3, -0.25) is 0 Å². The average molecular weight is 382 g/mol. The van der Waals surface area contributed by atoms with Gasteiger partial charge in [0.05, 0.1) is 30.2 Å². The van der Waals surface area contributed by atoms with Crippen molar-refractivity contribution >= 4 is 23.3 Å². The summed E-state index contributed by atoms with van der Waals surface area (Å²) in [7, 11) is 0. The van der Waals surface area contributed by atoms with Gasteiger partial charge in [-0.25, -0.2) is 5.84 Å². The van der Waals surface area contributed by atoms with Gasteiger partial charge >= 0.3 is 0 Å². The van der Waals surface area contributed by atoms with Crippen molar-refractivity contribution in [2.45, 2.75) is 39.5 Å². The maximum absolute atomic E-state index is 7.10. The Bertz CT molecular complexity index is 728. The summed E-state index contributed by atoms with van der Waals surface area (Å²) >= 11 is 0. The Balaban J connectivity index is 1.88. The van der Waals surface area contributed by atoms with E-state index in [0.717, 1.165) is 35.8 Å². The average Bonchev–Trinajstić information content (AvgIpc) is 2.74. The van der Waals surface area contributed by atoms with E-state index in [9.17, 15) is 0 Å². The van der Waals surface area contributed by atoms with Gasteiger partial charge in [0.2, 0.25) is 0 Å². The molecule has 0 aliphatic heterocycles. The van der Waals surface area contributed by atoms with E-state index >= 15 is 0 Å². The summed E-state index contributed by atoms with van der Waals surface area (Å²) in [5.74, 6) is 7.31. The van der Waals surface area contributed by atoms with Crippen LogP contribution in [0.1, 0.15) is 39.5 Å². The molecule has 0 radical (unpaired) electrons. The topological polar surface area (TPSA) is 87.1 Å². The van der Waals surface area contributed by atoms with Crippen LogP contribution in [0.2, 0.25) is 0 Å². The molecule has 0 amide bonds. The molecule has 2 rings (SSSR count). The van der Waals surface area contributed by atoms with Gasteiger partial charge in [0.25, 0.3) is 0 Å². The number of nitrogens with one attached hydrogen (secondary N) is 1. The van der Waals surface area contributed by atoms with Gasteiger partial charge in [-0.05, 0) is 60.9 Å². The van der Waals surface area contributed by atoms with E-state index in [-0.39, 0.29) is 0 Å². The highest BCUT2D eigenvalue weighted by Crippen LogP contribution is 2.23. The highest BCUT2D eigenvalue weighted by molar-refractivity contribution is 5.63. The summed E-state index contributed by atoms with van der Waals surface area (Å²) in [5, 5.41) is 17.1. The Morgan fingerprint density at radius 2 is 1.64 bits per heavy atom. The minimum absolute atomic E-state index is 0.368. The van der Waals surface area contributed by atoms with Gasteiger partial charge in [0, 0.05) is 6.21 Å². The minimum atomic E-state index is 0.368. The predicted molar refractivity (Wildman–Crippen MR) is 116 cm³/mol. The van der Waals surface area contributed by atoms with E-state index in [1.54, 1.807) is 0 Å². The maximum Gasteiger partial charge on any atom is 0.119 e. The SMILES string of the molecule is CCCCC(CC)COc1ccc(N=Nc2ccc(N(N)CC=N)cc2)cc1. The molecule has 0 aliphatic rings. The Hall–Kier alpha value is -2.73. The summed E-state index contributed by atoms with van der Waals surface area (Å²) in [4.78, 5) is 0. The third-order valence-electron chi connectivity index (χ3n) is 4.62. The third kappa shape index (κ3) is 7.12. The minimum Gasteiger partial charge on any atom is -0.493 e. The van der Waals surface area contributed by atoms with Gasteiger partial charge in [-0.1, -0.05) is 33.1 Å². The number of hydrazine groups is 1. The van der Waals surface area contributed by atoms with Crippen molar-refractivity contribution in [1.82, 2.24) is 0 Å². The second-order valence-corrected chi connectivity index (χ2v) is 6.79. The molecule has 1 unspecified atom stereocenters. The molecule has 28 heavy (non-hydrogen) atoms. The molecule has 2 aromatic carbocycles. The van der Waals surface area contributed by atoms with Crippen molar-refractivity contribution in [1.29, 1.82) is 5.41 Å². The number of nitrogens with zero attached hydrogens (tertiary/aromatic N) is 3. The van der Waals surface area contributed by atoms with E-state index in [1.165, 1.54) is 30.5 Å². The van der Waals surface area contributed by atoms with Crippen LogP contribution in [0.3, 0.4) is 0 Å². The third-order valence-corrected chi connectivity index (χ3v) is 4.62. The number of benzene rings is 2. The van der Waals surface area contributed by atoms with Crippen LogP contribution < -0.4 is 15.6 Å². The highest BCUT2D eigenvalue weighted by Gasteiger charge is 2.07. The second-order valence-electron chi connectivity index (χ2n) is 6.79. The van der Waals surface area contributed by atoms with Crippen molar-refractivity contribution in [3.63, 3.8) is 0 Å². The zero-order chi connectivity index (χ0) is 20.2. The second kappa shape index (κ2) is 11.9. The molecule has 0 aromatic heterocycles. The van der Waals surface area contributed by atoms with Gasteiger partial charge in [0.15, 0.2) is 0 Å². The molecule has 6 heteroatoms. The highest BCUT2D eigenvalue weighted by atomic mass is 16.5. The van der Waals surface area contributed by atoms with Crippen LogP contribution in [-0.2, 0) is 0 Å². The number of anilines is 1. The lowest BCUT2D eigenvalue weighted by Gasteiger charge is -2.15. The fraction of sp³-hybridized carbons (Fsp3) is 0.409. The molecule has 150 valence electrons. The lowest BCUT2D eigenvalue weighted by atomic mass is 10.0. The number of hydrogen-bond acceptors (Lipinski definition) is 6. The first-order chi connectivity index (χ1) is 13.7. The summed E-state index contributed by atoms with van der Waals surface area (Å²) in [6.45, 7) is 5.58. The number of nitrogens with two attached hydrogens (primary N) is 1. The molecule has 6 nitrogen and oxygen atoms in total. The number of unbranched alkanes of at least 4 members (excludes halogenated alkanes) is 1. The molecular weight excluding hydrogens is 350 g/mol. The van der Waals surface area contributed by atoms with E-state index in [4.69, 9.17) is 16.0 Å². The zero-order valence-corrected chi connectivity index (χ0v) is 16.8. The predicted octanol–water partition coefficient (Wildman–Crippen LogP) is 6.03. The molecule has 0 saturated carbocycles. The van der Waals surface area contributed by atoms with E-state index in [2.05, 4.69) is 24.1 Å². The van der Waals surface area contributed by atoms with Gasteiger partial charge in [-0.15, -0.1) is 0 Å². The molecular formula is C22H31N5O. The molecule has 0 heterocycles. The van der Waals surface area contributed by atoms with Crippen molar-refractivity contribution < 1.29 is 4.74 Å². The lowest BCUT2D eigenvalue weighted by Crippen LogP contribution is -2.32. The van der Waals surface area contributed by atoms with Crippen LogP contribution in [0.5, 0.6) is 5.75 Å². The normalized spacial score (nSPS) is 12.1. The molecule has 0 spiro atoms. The molecule has 0 bridgehead atoms. The first-order valence-corrected chi connectivity index (χ1v) is 9.92. The molecule has 0 aliphatic carbocycles. The molecule has 3 N–H and O–H groups in total. The first kappa shape index (κ1) is 21.6. The van der Waals surface area contributed by atoms with E-state index < -0.39 is 0 Å². The largest absolute Gasteiger partial charge is 0.493 e. The Kier molecular flexibility index (Phi) is 9.15. The number of hydrogen-bond donors (Lipinski definition) is 2. The van der Waals surface area contributed by atoms with Crippen molar-refractivity contribution in [2.24, 2.45) is 22.0 Å². The van der Waals surface area contributed by atoms with Gasteiger partial charge < -0.3 is 15.2 Å². The molecule has 1 atom stereocenters. The maximum atomic E-state index is 7.10. The van der Waals surface area contributed by atoms with Crippen LogP contribution in [0, 0.1) is 11.3 Å². The standard InChI is InChI=1S/C22H31N5O/c1-3-5-6-18(4-2)17-28-22-13-9-20(10-14-22)26-25-19-7-11-21(12-8-19)27(24)16-15-23/h7-15,18,23H,3-6,16-17,24H2,1-2H3. The number of azo groups is 1. The molecule has 0 fully saturated rings. The van der Waals surface area contributed by atoms with Crippen molar-refractivity contribution in [3.8, 4) is 5.75 Å². The van der Waals surface area contributed by atoms with E-state index in [1.807, 2.05) is 48.5 Å². The Morgan fingerprint density at radius 1 is 1.04 bits per heavy atom. The number of ether oxygens (including phenoxy) is 1. The van der Waals surface area contributed by atoms with Crippen LogP contribution in [-0.4, -0.2) is 19.4 Å². The van der Waals surface area contributed by atoms with Crippen LogP contribution in [0.25, 0.3) is 0 Å². The molecule has 0 saturated heterocycles. The van der Waals surface area contributed by atoms with Gasteiger partial charge in [-0.2, -0.15) is 10.2 Å². The van der Waals surface area contributed by atoms with E-state index in [0.29, 0.717) is 12.5 Å². The lowest BCUT2D eigenvalue weighted by molar-refractivity contribution is 0.233. The fourth-order valence-electron chi connectivity index (χ4n) is 2.75. The van der Waals surface area contributed by atoms with Gasteiger partial charge in [0.1, 0.15) is 5.75 Å². The first-order valence-electron chi connectivity index (χ1n) is 9.92. The zero-order valence-electron chi connectivity index (χ0n) is 16.8. The Labute approximate surface area is 167 Å². The summed E-state index contributed by atoms with van der Waals surface area (Å²) in [6.07, 6.45) is 6.12. The van der Waals surface area contributed by atoms with Crippen LogP contribution >= 0.6 is 0 Å². The monoisotopic (exact) mass is 381 g/mol. The van der Waals surface area contributed by atoms with Crippen LogP contribution in [0.4, 0.5) is 17.1 Å². The Morgan fingerprint density at radius 3 is 2.18 bits per heavy atom. The summed E-state index contributed by atoms with van der Waals surface area (Å²) < 4.78 is 5.92. The van der Waals surface area contributed by atoms with Crippen LogP contribution in [0.15, 0.2) is 58.8 Å². The smallest absolute Gasteiger partial charge is 0.119 e. The quantitative estimate of drug-likeness (QED) is 0.204. The summed E-state index contributed by atoms with van der Waals surface area (Å²) in [5.41, 5.74) is 2.35. The fourth-order valence-corrected chi connectivity index (χ4v) is 2.75. The summed E-state index contributed by atoms with van der Waals surface area (Å²) in [6, 6.07) is 15.1. The molecule has 2 aromatic rings.